The summed E-state index contributed by atoms with van der Waals surface area (Å²) in [6.45, 7) is 3.23. The second kappa shape index (κ2) is 9.03. The van der Waals surface area contributed by atoms with E-state index in [0.29, 0.717) is 38.9 Å². The lowest BCUT2D eigenvalue weighted by Gasteiger charge is -2.02. The van der Waals surface area contributed by atoms with Crippen LogP contribution in [0.15, 0.2) is 0 Å². The van der Waals surface area contributed by atoms with E-state index in [1.807, 2.05) is 6.92 Å². The third-order valence-corrected chi connectivity index (χ3v) is 1.43. The van der Waals surface area contributed by atoms with E-state index in [0.717, 1.165) is 6.42 Å². The van der Waals surface area contributed by atoms with Gasteiger partial charge in [0, 0.05) is 6.42 Å². The zero-order valence-electron chi connectivity index (χ0n) is 7.95. The van der Waals surface area contributed by atoms with E-state index < -0.39 is 0 Å². The predicted octanol–water partition coefficient (Wildman–Crippen LogP) is 1.28. The van der Waals surface area contributed by atoms with E-state index in [-0.39, 0.29) is 5.97 Å². The first-order chi connectivity index (χ1) is 6.31. The van der Waals surface area contributed by atoms with Crippen molar-refractivity contribution in [1.82, 2.24) is 0 Å². The van der Waals surface area contributed by atoms with E-state index in [1.165, 1.54) is 0 Å². The van der Waals surface area contributed by atoms with Gasteiger partial charge in [0.2, 0.25) is 0 Å². The molecule has 0 heterocycles. The molecule has 0 N–H and O–H groups in total. The summed E-state index contributed by atoms with van der Waals surface area (Å²) in [6.07, 6.45) is 2.67. The molecule has 0 aromatic heterocycles. The number of carbonyl (C=O) groups is 2. The summed E-state index contributed by atoms with van der Waals surface area (Å²) < 4.78 is 9.31. The normalized spacial score (nSPS) is 9.31. The zero-order valence-corrected chi connectivity index (χ0v) is 7.95. The topological polar surface area (TPSA) is 52.6 Å². The summed E-state index contributed by atoms with van der Waals surface area (Å²) in [4.78, 5) is 20.6. The number of hydrogen-bond donors (Lipinski definition) is 0. The third kappa shape index (κ3) is 8.85. The summed E-state index contributed by atoms with van der Waals surface area (Å²) >= 11 is 0. The van der Waals surface area contributed by atoms with Gasteiger partial charge < -0.3 is 9.47 Å². The lowest BCUT2D eigenvalue weighted by Crippen LogP contribution is -2.05. The van der Waals surface area contributed by atoms with Crippen molar-refractivity contribution in [2.45, 2.75) is 32.6 Å². The average Bonchev–Trinajstić information content (AvgIpc) is 2.14. The molecule has 4 nitrogen and oxygen atoms in total. The molecular weight excluding hydrogens is 172 g/mol. The van der Waals surface area contributed by atoms with Crippen LogP contribution in [0, 0.1) is 0 Å². The van der Waals surface area contributed by atoms with Gasteiger partial charge in [0.15, 0.2) is 0 Å². The fourth-order valence-corrected chi connectivity index (χ4v) is 0.791. The molecule has 0 aliphatic heterocycles. The number of ether oxygens (including phenoxy) is 2. The van der Waals surface area contributed by atoms with Crippen LogP contribution in [-0.2, 0) is 19.1 Å². The van der Waals surface area contributed by atoms with Crippen molar-refractivity contribution < 1.29 is 19.1 Å². The van der Waals surface area contributed by atoms with Crippen LogP contribution in [-0.4, -0.2) is 25.7 Å². The molecule has 0 spiro atoms. The first-order valence-electron chi connectivity index (χ1n) is 4.52. The minimum absolute atomic E-state index is 0.173. The summed E-state index contributed by atoms with van der Waals surface area (Å²) in [7, 11) is 0. The van der Waals surface area contributed by atoms with Crippen LogP contribution in [0.3, 0.4) is 0 Å². The van der Waals surface area contributed by atoms with E-state index >= 15 is 0 Å². The second-order valence-electron chi connectivity index (χ2n) is 2.64. The van der Waals surface area contributed by atoms with Crippen molar-refractivity contribution in [2.24, 2.45) is 0 Å². The molecule has 76 valence electrons. The lowest BCUT2D eigenvalue weighted by molar-refractivity contribution is -0.143. The van der Waals surface area contributed by atoms with Gasteiger partial charge in [-0.3, -0.25) is 9.59 Å². The minimum atomic E-state index is -0.173. The van der Waals surface area contributed by atoms with Crippen LogP contribution in [0.5, 0.6) is 0 Å². The third-order valence-electron chi connectivity index (χ3n) is 1.43. The highest BCUT2D eigenvalue weighted by Gasteiger charge is 2.00. The van der Waals surface area contributed by atoms with Gasteiger partial charge in [-0.25, -0.2) is 0 Å². The molecule has 0 amide bonds. The van der Waals surface area contributed by atoms with Gasteiger partial charge in [-0.2, -0.15) is 0 Å². The maximum absolute atomic E-state index is 10.9. The smallest absolute Gasteiger partial charge is 0.305 e. The zero-order chi connectivity index (χ0) is 9.94. The van der Waals surface area contributed by atoms with Gasteiger partial charge in [0.25, 0.3) is 6.47 Å². The first-order valence-corrected chi connectivity index (χ1v) is 4.52. The molecule has 0 aromatic carbocycles. The summed E-state index contributed by atoms with van der Waals surface area (Å²) in [6, 6.07) is 0. The van der Waals surface area contributed by atoms with Crippen LogP contribution in [0.2, 0.25) is 0 Å². The minimum Gasteiger partial charge on any atom is -0.468 e. The summed E-state index contributed by atoms with van der Waals surface area (Å²) in [5.41, 5.74) is 0. The SMILES string of the molecule is CCCOC(=O)CCCCOC=O. The molecule has 0 rings (SSSR count). The van der Waals surface area contributed by atoms with Gasteiger partial charge >= 0.3 is 5.97 Å². The lowest BCUT2D eigenvalue weighted by atomic mass is 10.2. The number of hydrogen-bond acceptors (Lipinski definition) is 4. The Labute approximate surface area is 78.2 Å². The Balaban J connectivity index is 3.12. The molecule has 0 aliphatic rings. The standard InChI is InChI=1S/C9H16O4/c1-2-6-13-9(11)5-3-4-7-12-8-10/h8H,2-7H2,1H3. The largest absolute Gasteiger partial charge is 0.468 e. The van der Waals surface area contributed by atoms with Crippen LogP contribution < -0.4 is 0 Å². The highest BCUT2D eigenvalue weighted by Crippen LogP contribution is 1.98. The fourth-order valence-electron chi connectivity index (χ4n) is 0.791. The molecular formula is C9H16O4. The average molecular weight is 188 g/mol. The highest BCUT2D eigenvalue weighted by atomic mass is 16.5. The Bertz CT molecular complexity index is 145. The van der Waals surface area contributed by atoms with E-state index in [1.54, 1.807) is 0 Å². The van der Waals surface area contributed by atoms with E-state index in [4.69, 9.17) is 4.74 Å². The van der Waals surface area contributed by atoms with Crippen molar-refractivity contribution in [3.63, 3.8) is 0 Å². The number of unbranched alkanes of at least 4 members (excludes halogenated alkanes) is 1. The number of rotatable bonds is 8. The molecule has 0 saturated carbocycles. The van der Waals surface area contributed by atoms with E-state index in [2.05, 4.69) is 4.74 Å². The van der Waals surface area contributed by atoms with Crippen molar-refractivity contribution in [3.05, 3.63) is 0 Å². The molecule has 4 heteroatoms. The van der Waals surface area contributed by atoms with Crippen LogP contribution in [0.4, 0.5) is 0 Å². The Kier molecular flexibility index (Phi) is 8.30. The van der Waals surface area contributed by atoms with Gasteiger partial charge in [-0.05, 0) is 19.3 Å². The Hall–Kier alpha value is -1.06. The van der Waals surface area contributed by atoms with Gasteiger partial charge in [0.1, 0.15) is 0 Å². The molecule has 0 aromatic rings. The summed E-state index contributed by atoms with van der Waals surface area (Å²) in [5, 5.41) is 0. The van der Waals surface area contributed by atoms with Crippen molar-refractivity contribution in [2.75, 3.05) is 13.2 Å². The van der Waals surface area contributed by atoms with E-state index in [9.17, 15) is 9.59 Å². The highest BCUT2D eigenvalue weighted by molar-refractivity contribution is 5.69. The number of esters is 1. The molecule has 0 saturated heterocycles. The monoisotopic (exact) mass is 188 g/mol. The molecule has 0 aliphatic carbocycles. The molecule has 13 heavy (non-hydrogen) atoms. The summed E-state index contributed by atoms with van der Waals surface area (Å²) in [5.74, 6) is -0.173. The van der Waals surface area contributed by atoms with Crippen LogP contribution in [0.1, 0.15) is 32.6 Å². The first kappa shape index (κ1) is 11.9. The Morgan fingerprint density at radius 2 is 2.08 bits per heavy atom. The second-order valence-corrected chi connectivity index (χ2v) is 2.64. The van der Waals surface area contributed by atoms with Gasteiger partial charge in [-0.15, -0.1) is 0 Å². The molecule has 0 atom stereocenters. The fraction of sp³-hybridized carbons (Fsp3) is 0.778. The molecule has 0 bridgehead atoms. The Morgan fingerprint density at radius 1 is 1.31 bits per heavy atom. The van der Waals surface area contributed by atoms with Crippen LogP contribution >= 0.6 is 0 Å². The Morgan fingerprint density at radius 3 is 2.69 bits per heavy atom. The maximum Gasteiger partial charge on any atom is 0.305 e. The number of carbonyl (C=O) groups excluding carboxylic acids is 2. The molecule has 0 unspecified atom stereocenters. The van der Waals surface area contributed by atoms with Gasteiger partial charge in [-0.1, -0.05) is 6.92 Å². The van der Waals surface area contributed by atoms with Crippen LogP contribution in [0.25, 0.3) is 0 Å². The van der Waals surface area contributed by atoms with Crippen molar-refractivity contribution in [1.29, 1.82) is 0 Å². The predicted molar refractivity (Wildman–Crippen MR) is 47.1 cm³/mol. The molecule has 0 fully saturated rings. The van der Waals surface area contributed by atoms with Crippen molar-refractivity contribution >= 4 is 12.4 Å². The van der Waals surface area contributed by atoms with Crippen molar-refractivity contribution in [3.8, 4) is 0 Å². The van der Waals surface area contributed by atoms with Gasteiger partial charge in [0.05, 0.1) is 13.2 Å². The molecule has 0 radical (unpaired) electrons. The quantitative estimate of drug-likeness (QED) is 0.327. The maximum atomic E-state index is 10.9.